The van der Waals surface area contributed by atoms with Crippen molar-refractivity contribution < 1.29 is 52.3 Å². The summed E-state index contributed by atoms with van der Waals surface area (Å²) in [7, 11) is 3.11. The van der Waals surface area contributed by atoms with Crippen LogP contribution in [0.2, 0.25) is 0 Å². The van der Waals surface area contributed by atoms with Gasteiger partial charge in [-0.15, -0.1) is 0 Å². The number of carbonyl (C=O) groups is 3. The highest BCUT2D eigenvalue weighted by atomic mass is 16.7. The predicted molar refractivity (Wildman–Crippen MR) is 237 cm³/mol. The molecule has 5 aromatic carbocycles. The number of amides is 1. The van der Waals surface area contributed by atoms with Crippen LogP contribution in [-0.4, -0.2) is 93.0 Å². The fourth-order valence-electron chi connectivity index (χ4n) is 7.19. The number of nitrogens with zero attached hydrogens (tertiary/aromatic N) is 1. The Kier molecular flexibility index (Phi) is 18.2. The Morgan fingerprint density at radius 1 is 0.603 bits per heavy atom. The average molecular weight is 862 g/mol. The lowest BCUT2D eigenvalue weighted by Crippen LogP contribution is -2.48. The van der Waals surface area contributed by atoms with Crippen molar-refractivity contribution in [1.29, 1.82) is 0 Å². The molecule has 6 rings (SSSR count). The maximum Gasteiger partial charge on any atom is 0.409 e. The van der Waals surface area contributed by atoms with Gasteiger partial charge in [0.05, 0.1) is 46.1 Å². The van der Waals surface area contributed by atoms with E-state index < -0.39 is 55.0 Å². The summed E-state index contributed by atoms with van der Waals surface area (Å²) in [5.74, 6) is -0.751. The summed E-state index contributed by atoms with van der Waals surface area (Å²) in [6.45, 7) is 4.36. The van der Waals surface area contributed by atoms with Gasteiger partial charge in [-0.1, -0.05) is 134 Å². The molecule has 1 fully saturated rings. The molecular weight excluding hydrogens is 803 g/mol. The molecule has 0 aliphatic carbocycles. The first-order chi connectivity index (χ1) is 30.7. The van der Waals surface area contributed by atoms with Gasteiger partial charge < -0.3 is 47.6 Å². The molecular formula is C51H59NO11. The first kappa shape index (κ1) is 47.0. The Balaban J connectivity index is 1.31. The molecule has 1 heterocycles. The number of Topliss-reactive ketones (excluding diaryl/α,β-unsaturated/α-hetero) is 1. The van der Waals surface area contributed by atoms with Gasteiger partial charge in [0.2, 0.25) is 0 Å². The Bertz CT molecular complexity index is 2150. The van der Waals surface area contributed by atoms with E-state index in [0.29, 0.717) is 13.0 Å². The molecule has 0 aromatic heterocycles. The van der Waals surface area contributed by atoms with Gasteiger partial charge in [0.15, 0.2) is 18.5 Å². The highest BCUT2D eigenvalue weighted by Gasteiger charge is 2.50. The summed E-state index contributed by atoms with van der Waals surface area (Å²) in [6, 6.07) is 44.0. The van der Waals surface area contributed by atoms with Gasteiger partial charge in [0, 0.05) is 20.5 Å². The molecule has 5 aromatic rings. The zero-order valence-corrected chi connectivity index (χ0v) is 36.5. The topological polar surface area (TPSA) is 128 Å². The molecule has 4 unspecified atom stereocenters. The van der Waals surface area contributed by atoms with Crippen LogP contribution in [0.1, 0.15) is 55.4 Å². The summed E-state index contributed by atoms with van der Waals surface area (Å²) in [5.41, 5.74) is 3.85. The average Bonchev–Trinajstić information content (AvgIpc) is 3.63. The van der Waals surface area contributed by atoms with Crippen LogP contribution < -0.4 is 0 Å². The summed E-state index contributed by atoms with van der Waals surface area (Å²) in [5, 5.41) is 2.26. The number of hydrogen-bond acceptors (Lipinski definition) is 11. The number of ether oxygens (including phenoxy) is 8. The van der Waals surface area contributed by atoms with E-state index in [9.17, 15) is 14.4 Å². The third-order valence-electron chi connectivity index (χ3n) is 10.6. The van der Waals surface area contributed by atoms with E-state index in [0.717, 1.165) is 33.0 Å². The minimum absolute atomic E-state index is 0.0234. The van der Waals surface area contributed by atoms with Crippen LogP contribution in [0.5, 0.6) is 0 Å². The molecule has 1 amide bonds. The quantitative estimate of drug-likeness (QED) is 0.0554. The highest BCUT2D eigenvalue weighted by molar-refractivity contribution is 5.83. The Morgan fingerprint density at radius 2 is 1.16 bits per heavy atom. The zero-order chi connectivity index (χ0) is 44.4. The van der Waals surface area contributed by atoms with Gasteiger partial charge in [-0.3, -0.25) is 4.79 Å². The van der Waals surface area contributed by atoms with Crippen LogP contribution in [0.15, 0.2) is 133 Å². The van der Waals surface area contributed by atoms with Gasteiger partial charge in [-0.05, 0) is 52.4 Å². The molecule has 0 radical (unpaired) electrons. The van der Waals surface area contributed by atoms with Crippen molar-refractivity contribution in [3.05, 3.63) is 156 Å². The molecule has 63 heavy (non-hydrogen) atoms. The second kappa shape index (κ2) is 24.4. The van der Waals surface area contributed by atoms with Crippen molar-refractivity contribution >= 4 is 28.6 Å². The van der Waals surface area contributed by atoms with Crippen LogP contribution in [0.3, 0.4) is 0 Å². The zero-order valence-electron chi connectivity index (χ0n) is 36.5. The fraction of sp³-hybridized carbons (Fsp3) is 0.392. The van der Waals surface area contributed by atoms with E-state index in [4.69, 9.17) is 37.9 Å². The first-order valence-corrected chi connectivity index (χ1v) is 21.5. The van der Waals surface area contributed by atoms with E-state index >= 15 is 0 Å². The van der Waals surface area contributed by atoms with Crippen molar-refractivity contribution in [1.82, 2.24) is 4.90 Å². The largest absolute Gasteiger partial charge is 0.455 e. The minimum Gasteiger partial charge on any atom is -0.455 e. The number of benzene rings is 5. The molecule has 334 valence electrons. The Hall–Kier alpha value is -5.47. The highest BCUT2D eigenvalue weighted by Crippen LogP contribution is 2.31. The standard InChI is InChI=1S/C51H59NO11/c1-5-43-48(62-46(54)28-25-36(2)53)49(63-51(55)52(3)4)50(61-43)60-35-45(58-32-38-19-11-7-12-20-38)47(59-33-39-21-13-8-14-22-39)44(57-31-37-17-9-6-10-18-37)34-56-30-40-26-27-41-23-15-16-24-42(41)29-40/h6-24,26-27,29,43-45,47-50H,5,25,28,30-35H2,1-4H3/t43-,44?,45?,47?,48?,49+,50-/m1/s1. The summed E-state index contributed by atoms with van der Waals surface area (Å²) >= 11 is 0. The third kappa shape index (κ3) is 14.5. The van der Waals surface area contributed by atoms with Crippen LogP contribution in [0.25, 0.3) is 10.8 Å². The molecule has 7 atom stereocenters. The maximum atomic E-state index is 13.1. The number of hydrogen-bond donors (Lipinski definition) is 0. The lowest BCUT2D eigenvalue weighted by atomic mass is 10.1. The van der Waals surface area contributed by atoms with Crippen molar-refractivity contribution in [3.63, 3.8) is 0 Å². The molecule has 0 bridgehead atoms. The second-order valence-corrected chi connectivity index (χ2v) is 15.8. The van der Waals surface area contributed by atoms with Gasteiger partial charge in [-0.2, -0.15) is 0 Å². The van der Waals surface area contributed by atoms with Crippen molar-refractivity contribution in [3.8, 4) is 0 Å². The first-order valence-electron chi connectivity index (χ1n) is 21.5. The smallest absolute Gasteiger partial charge is 0.409 e. The fourth-order valence-corrected chi connectivity index (χ4v) is 7.19. The molecule has 12 heteroatoms. The van der Waals surface area contributed by atoms with Gasteiger partial charge >= 0.3 is 12.1 Å². The van der Waals surface area contributed by atoms with E-state index in [-0.39, 0.29) is 51.7 Å². The number of rotatable bonds is 24. The monoisotopic (exact) mass is 861 g/mol. The third-order valence-corrected chi connectivity index (χ3v) is 10.6. The summed E-state index contributed by atoms with van der Waals surface area (Å²) in [6.07, 6.45) is -6.57. The van der Waals surface area contributed by atoms with Crippen LogP contribution in [0.4, 0.5) is 4.79 Å². The summed E-state index contributed by atoms with van der Waals surface area (Å²) in [4.78, 5) is 39.0. The van der Waals surface area contributed by atoms with Crippen LogP contribution in [-0.2, 0) is 73.9 Å². The number of carbonyl (C=O) groups excluding carboxylic acids is 3. The molecule has 1 aliphatic rings. The second-order valence-electron chi connectivity index (χ2n) is 15.8. The molecule has 0 saturated carbocycles. The number of fused-ring (bicyclic) bond motifs is 1. The molecule has 0 spiro atoms. The Morgan fingerprint density at radius 3 is 1.73 bits per heavy atom. The predicted octanol–water partition coefficient (Wildman–Crippen LogP) is 8.61. The van der Waals surface area contributed by atoms with Crippen LogP contribution in [0, 0.1) is 0 Å². The van der Waals surface area contributed by atoms with Gasteiger partial charge in [0.1, 0.15) is 30.2 Å². The maximum absolute atomic E-state index is 13.1. The summed E-state index contributed by atoms with van der Waals surface area (Å²) < 4.78 is 51.6. The minimum atomic E-state index is -1.16. The van der Waals surface area contributed by atoms with Crippen molar-refractivity contribution in [2.24, 2.45) is 0 Å². The number of ketones is 1. The lowest BCUT2D eigenvalue weighted by molar-refractivity contribution is -0.217. The van der Waals surface area contributed by atoms with E-state index in [1.165, 1.54) is 11.8 Å². The Labute approximate surface area is 370 Å². The molecule has 0 N–H and O–H groups in total. The van der Waals surface area contributed by atoms with Crippen molar-refractivity contribution in [2.75, 3.05) is 27.3 Å². The van der Waals surface area contributed by atoms with Gasteiger partial charge in [-0.25, -0.2) is 4.79 Å². The molecule has 12 nitrogen and oxygen atoms in total. The number of esters is 1. The lowest BCUT2D eigenvalue weighted by Gasteiger charge is -2.34. The van der Waals surface area contributed by atoms with E-state index in [1.54, 1.807) is 14.1 Å². The van der Waals surface area contributed by atoms with Crippen molar-refractivity contribution in [2.45, 2.75) is 102 Å². The SMILES string of the molecule is CC[C@H]1O[C@@H](OCC(OCc2ccccc2)C(OCc2ccccc2)C(COCc2ccc3ccccc3c2)OCc2ccccc2)[C@@H](OC(=O)N(C)C)C1OC(=O)CCC(C)=O. The van der Waals surface area contributed by atoms with E-state index in [1.807, 2.05) is 110 Å². The normalized spacial score (nSPS) is 18.7. The van der Waals surface area contributed by atoms with Crippen LogP contribution >= 0.6 is 0 Å². The molecule has 1 aliphatic heterocycles. The van der Waals surface area contributed by atoms with Gasteiger partial charge in [0.25, 0.3) is 0 Å². The van der Waals surface area contributed by atoms with E-state index in [2.05, 4.69) is 30.3 Å². The molecule has 1 saturated heterocycles.